The van der Waals surface area contributed by atoms with E-state index in [-0.39, 0.29) is 5.60 Å². The Morgan fingerprint density at radius 3 is 2.31 bits per heavy atom. The second kappa shape index (κ2) is 9.00. The third-order valence-corrected chi connectivity index (χ3v) is 3.20. The van der Waals surface area contributed by atoms with Gasteiger partial charge in [-0.3, -0.25) is 0 Å². The quantitative estimate of drug-likeness (QED) is 0.616. The Morgan fingerprint density at radius 2 is 1.81 bits per heavy atom. The van der Waals surface area contributed by atoms with Crippen molar-refractivity contribution in [3.8, 4) is 0 Å². The molecule has 0 saturated carbocycles. The summed E-state index contributed by atoms with van der Waals surface area (Å²) in [6.07, 6.45) is 7.48. The third-order valence-electron chi connectivity index (χ3n) is 3.20. The zero-order valence-corrected chi connectivity index (χ0v) is 11.9. The number of nitrogens with one attached hydrogen (secondary N) is 1. The lowest BCUT2D eigenvalue weighted by molar-refractivity contribution is 0.0129. The molecule has 2 heteroatoms. The number of hydrogen-bond donors (Lipinski definition) is 1. The molecule has 0 aliphatic heterocycles. The van der Waals surface area contributed by atoms with Crippen LogP contribution in [0.15, 0.2) is 0 Å². The summed E-state index contributed by atoms with van der Waals surface area (Å²) in [6.45, 7) is 9.98. The van der Waals surface area contributed by atoms with Crippen molar-refractivity contribution in [2.24, 2.45) is 0 Å². The fourth-order valence-corrected chi connectivity index (χ4v) is 1.92. The average Bonchev–Trinajstić information content (AvgIpc) is 2.25. The van der Waals surface area contributed by atoms with Crippen molar-refractivity contribution >= 4 is 0 Å². The minimum atomic E-state index is 0.0432. The fraction of sp³-hybridized carbons (Fsp3) is 1.00. The maximum atomic E-state index is 5.44. The lowest BCUT2D eigenvalue weighted by atomic mass is 9.97. The minimum Gasteiger partial charge on any atom is -0.379 e. The first-order valence-electron chi connectivity index (χ1n) is 6.84. The molecule has 1 unspecified atom stereocenters. The molecule has 0 spiro atoms. The van der Waals surface area contributed by atoms with Gasteiger partial charge in [0.1, 0.15) is 0 Å². The zero-order chi connectivity index (χ0) is 12.4. The van der Waals surface area contributed by atoms with E-state index in [4.69, 9.17) is 4.74 Å². The molecule has 0 aromatic heterocycles. The van der Waals surface area contributed by atoms with Crippen LogP contribution in [0.5, 0.6) is 0 Å². The summed E-state index contributed by atoms with van der Waals surface area (Å²) in [4.78, 5) is 0. The van der Waals surface area contributed by atoms with Crippen LogP contribution in [-0.4, -0.2) is 25.3 Å². The first kappa shape index (κ1) is 15.9. The van der Waals surface area contributed by atoms with Crippen LogP contribution in [0, 0.1) is 0 Å². The van der Waals surface area contributed by atoms with E-state index in [1.807, 2.05) is 0 Å². The number of hydrogen-bond acceptors (Lipinski definition) is 2. The molecular formula is C14H31NO. The molecule has 0 aliphatic carbocycles. The van der Waals surface area contributed by atoms with Crippen molar-refractivity contribution in [1.82, 2.24) is 5.32 Å². The fourth-order valence-electron chi connectivity index (χ4n) is 1.92. The van der Waals surface area contributed by atoms with Gasteiger partial charge in [-0.05, 0) is 52.5 Å². The predicted molar refractivity (Wildman–Crippen MR) is 71.9 cm³/mol. The van der Waals surface area contributed by atoms with Gasteiger partial charge in [-0.2, -0.15) is 0 Å². The van der Waals surface area contributed by atoms with E-state index in [0.29, 0.717) is 6.04 Å². The third kappa shape index (κ3) is 8.12. The van der Waals surface area contributed by atoms with Gasteiger partial charge in [0.25, 0.3) is 0 Å². The molecule has 0 radical (unpaired) electrons. The Bertz CT molecular complexity index is 157. The van der Waals surface area contributed by atoms with Gasteiger partial charge in [0.2, 0.25) is 0 Å². The van der Waals surface area contributed by atoms with E-state index in [2.05, 4.69) is 33.0 Å². The van der Waals surface area contributed by atoms with Crippen molar-refractivity contribution < 1.29 is 4.74 Å². The summed E-state index contributed by atoms with van der Waals surface area (Å²) < 4.78 is 5.44. The Kier molecular flexibility index (Phi) is 8.96. The molecular weight excluding hydrogens is 198 g/mol. The molecule has 0 saturated heterocycles. The SMILES string of the molecule is CCCNC(CCC)CCCC(C)(C)OC. The Hall–Kier alpha value is -0.0800. The first-order chi connectivity index (χ1) is 7.55. The maximum Gasteiger partial charge on any atom is 0.0622 e. The zero-order valence-electron chi connectivity index (χ0n) is 11.9. The van der Waals surface area contributed by atoms with Gasteiger partial charge in [0.05, 0.1) is 5.60 Å². The van der Waals surface area contributed by atoms with E-state index >= 15 is 0 Å². The standard InChI is InChI=1S/C14H31NO/c1-6-9-13(15-12-7-2)10-8-11-14(3,4)16-5/h13,15H,6-12H2,1-5H3. The van der Waals surface area contributed by atoms with Gasteiger partial charge in [0.15, 0.2) is 0 Å². The maximum absolute atomic E-state index is 5.44. The lowest BCUT2D eigenvalue weighted by Gasteiger charge is -2.24. The largest absolute Gasteiger partial charge is 0.379 e. The van der Waals surface area contributed by atoms with Crippen LogP contribution in [0.1, 0.15) is 66.2 Å². The smallest absolute Gasteiger partial charge is 0.0622 e. The van der Waals surface area contributed by atoms with Crippen LogP contribution >= 0.6 is 0 Å². The second-order valence-corrected chi connectivity index (χ2v) is 5.30. The molecule has 0 fully saturated rings. The van der Waals surface area contributed by atoms with E-state index in [0.717, 1.165) is 13.0 Å². The molecule has 0 aromatic rings. The normalized spacial score (nSPS) is 14.1. The van der Waals surface area contributed by atoms with Crippen LogP contribution in [0.4, 0.5) is 0 Å². The van der Waals surface area contributed by atoms with Crippen LogP contribution in [0.25, 0.3) is 0 Å². The van der Waals surface area contributed by atoms with Crippen molar-refractivity contribution in [2.75, 3.05) is 13.7 Å². The second-order valence-electron chi connectivity index (χ2n) is 5.30. The molecule has 0 aliphatic rings. The van der Waals surface area contributed by atoms with Crippen molar-refractivity contribution in [3.05, 3.63) is 0 Å². The molecule has 0 rings (SSSR count). The minimum absolute atomic E-state index is 0.0432. The highest BCUT2D eigenvalue weighted by molar-refractivity contribution is 4.71. The summed E-state index contributed by atoms with van der Waals surface area (Å²) in [5.74, 6) is 0. The summed E-state index contributed by atoms with van der Waals surface area (Å²) in [5.41, 5.74) is 0.0432. The van der Waals surface area contributed by atoms with Gasteiger partial charge in [0, 0.05) is 13.2 Å². The number of rotatable bonds is 10. The topological polar surface area (TPSA) is 21.3 Å². The van der Waals surface area contributed by atoms with Gasteiger partial charge in [-0.25, -0.2) is 0 Å². The highest BCUT2D eigenvalue weighted by atomic mass is 16.5. The molecule has 1 atom stereocenters. The van der Waals surface area contributed by atoms with Gasteiger partial charge in [-0.1, -0.05) is 20.3 Å². The van der Waals surface area contributed by atoms with E-state index < -0.39 is 0 Å². The Morgan fingerprint density at radius 1 is 1.12 bits per heavy atom. The van der Waals surface area contributed by atoms with Crippen LogP contribution < -0.4 is 5.32 Å². The molecule has 2 nitrogen and oxygen atoms in total. The monoisotopic (exact) mass is 229 g/mol. The van der Waals surface area contributed by atoms with Gasteiger partial charge in [-0.15, -0.1) is 0 Å². The number of methoxy groups -OCH3 is 1. The summed E-state index contributed by atoms with van der Waals surface area (Å²) in [6, 6.07) is 0.706. The van der Waals surface area contributed by atoms with Crippen molar-refractivity contribution in [3.63, 3.8) is 0 Å². The Labute approximate surface area is 102 Å². The van der Waals surface area contributed by atoms with Gasteiger partial charge >= 0.3 is 0 Å². The molecule has 0 aromatic carbocycles. The molecule has 1 N–H and O–H groups in total. The average molecular weight is 229 g/mol. The predicted octanol–water partition coefficient (Wildman–Crippen LogP) is 3.75. The summed E-state index contributed by atoms with van der Waals surface area (Å²) >= 11 is 0. The molecule has 0 amide bonds. The van der Waals surface area contributed by atoms with E-state index in [1.54, 1.807) is 7.11 Å². The van der Waals surface area contributed by atoms with E-state index in [1.165, 1.54) is 32.1 Å². The molecule has 16 heavy (non-hydrogen) atoms. The molecule has 98 valence electrons. The lowest BCUT2D eigenvalue weighted by Crippen LogP contribution is -2.30. The highest BCUT2D eigenvalue weighted by Crippen LogP contribution is 2.18. The van der Waals surface area contributed by atoms with Gasteiger partial charge < -0.3 is 10.1 Å². The van der Waals surface area contributed by atoms with Crippen LogP contribution in [0.2, 0.25) is 0 Å². The van der Waals surface area contributed by atoms with Crippen LogP contribution in [-0.2, 0) is 4.74 Å². The highest BCUT2D eigenvalue weighted by Gasteiger charge is 2.16. The van der Waals surface area contributed by atoms with Crippen LogP contribution in [0.3, 0.4) is 0 Å². The van der Waals surface area contributed by atoms with Crippen molar-refractivity contribution in [1.29, 1.82) is 0 Å². The first-order valence-corrected chi connectivity index (χ1v) is 6.84. The van der Waals surface area contributed by atoms with Crippen molar-refractivity contribution in [2.45, 2.75) is 77.9 Å². The van der Waals surface area contributed by atoms with E-state index in [9.17, 15) is 0 Å². The molecule has 0 heterocycles. The number of ether oxygens (including phenoxy) is 1. The molecule has 0 bridgehead atoms. The summed E-state index contributed by atoms with van der Waals surface area (Å²) in [5, 5.41) is 3.63. The Balaban J connectivity index is 3.74. The summed E-state index contributed by atoms with van der Waals surface area (Å²) in [7, 11) is 1.80.